The van der Waals surface area contributed by atoms with E-state index < -0.39 is 0 Å². The summed E-state index contributed by atoms with van der Waals surface area (Å²) in [5.41, 5.74) is 0. The van der Waals surface area contributed by atoms with E-state index in [1.54, 1.807) is 0 Å². The number of nitrogens with one attached hydrogen (secondary N) is 1. The molecular formula is C14H30IN3O. The van der Waals surface area contributed by atoms with Crippen molar-refractivity contribution in [2.24, 2.45) is 4.99 Å². The molecule has 0 saturated carbocycles. The molecule has 0 rings (SSSR count). The van der Waals surface area contributed by atoms with Crippen LogP contribution in [0.2, 0.25) is 0 Å². The van der Waals surface area contributed by atoms with Gasteiger partial charge in [0.25, 0.3) is 0 Å². The predicted octanol–water partition coefficient (Wildman–Crippen LogP) is 2.89. The monoisotopic (exact) mass is 383 g/mol. The first kappa shape index (κ1) is 21.0. The highest BCUT2D eigenvalue weighted by molar-refractivity contribution is 14.0. The van der Waals surface area contributed by atoms with Crippen LogP contribution in [-0.2, 0) is 4.74 Å². The van der Waals surface area contributed by atoms with Crippen molar-refractivity contribution in [3.05, 3.63) is 12.7 Å². The molecule has 0 atom stereocenters. The summed E-state index contributed by atoms with van der Waals surface area (Å²) in [7, 11) is 3.87. The molecule has 19 heavy (non-hydrogen) atoms. The fourth-order valence-electron chi connectivity index (χ4n) is 1.55. The first-order chi connectivity index (χ1) is 8.61. The Balaban J connectivity index is 0. The van der Waals surface area contributed by atoms with Crippen molar-refractivity contribution < 1.29 is 4.74 Å². The van der Waals surface area contributed by atoms with Gasteiger partial charge in [0, 0.05) is 33.8 Å². The largest absolute Gasteiger partial charge is 0.379 e. The Hall–Kier alpha value is -0.300. The van der Waals surface area contributed by atoms with Crippen LogP contribution in [0, 0.1) is 0 Å². The molecule has 0 amide bonds. The van der Waals surface area contributed by atoms with Crippen molar-refractivity contribution in [2.75, 3.05) is 33.8 Å². The van der Waals surface area contributed by atoms with Crippen LogP contribution in [0.5, 0.6) is 0 Å². The summed E-state index contributed by atoms with van der Waals surface area (Å²) in [6.45, 7) is 10.5. The minimum Gasteiger partial charge on any atom is -0.379 e. The summed E-state index contributed by atoms with van der Waals surface area (Å²) in [4.78, 5) is 6.41. The van der Waals surface area contributed by atoms with Crippen LogP contribution in [0.3, 0.4) is 0 Å². The molecule has 4 nitrogen and oxygen atoms in total. The van der Waals surface area contributed by atoms with E-state index in [-0.39, 0.29) is 24.0 Å². The molecule has 0 radical (unpaired) electrons. The third kappa shape index (κ3) is 12.5. The van der Waals surface area contributed by atoms with Gasteiger partial charge in [-0.2, -0.15) is 0 Å². The van der Waals surface area contributed by atoms with Gasteiger partial charge in [-0.3, -0.25) is 4.99 Å². The third-order valence-electron chi connectivity index (χ3n) is 2.53. The van der Waals surface area contributed by atoms with Crippen molar-refractivity contribution in [1.82, 2.24) is 10.2 Å². The van der Waals surface area contributed by atoms with Crippen LogP contribution in [0.25, 0.3) is 0 Å². The molecular weight excluding hydrogens is 353 g/mol. The highest BCUT2D eigenvalue weighted by atomic mass is 127. The van der Waals surface area contributed by atoms with Gasteiger partial charge in [0.1, 0.15) is 0 Å². The number of unbranched alkanes of at least 4 members (excludes halogenated alkanes) is 1. The Bertz CT molecular complexity index is 245. The van der Waals surface area contributed by atoms with Crippen LogP contribution >= 0.6 is 24.0 Å². The fraction of sp³-hybridized carbons (Fsp3) is 0.786. The lowest BCUT2D eigenvalue weighted by molar-refractivity contribution is 0.0776. The van der Waals surface area contributed by atoms with E-state index in [0.717, 1.165) is 44.9 Å². The Morgan fingerprint density at radius 1 is 1.42 bits per heavy atom. The summed E-state index contributed by atoms with van der Waals surface area (Å²) in [5, 5.41) is 3.34. The minimum atomic E-state index is 0. The van der Waals surface area contributed by atoms with Crippen molar-refractivity contribution in [3.8, 4) is 0 Å². The van der Waals surface area contributed by atoms with Crippen molar-refractivity contribution >= 4 is 29.9 Å². The first-order valence-electron chi connectivity index (χ1n) is 6.76. The van der Waals surface area contributed by atoms with E-state index in [1.807, 2.05) is 13.1 Å². The molecule has 0 aromatic rings. The summed E-state index contributed by atoms with van der Waals surface area (Å²) < 4.78 is 5.49. The molecule has 0 aromatic carbocycles. The summed E-state index contributed by atoms with van der Waals surface area (Å²) in [5.74, 6) is 0.948. The summed E-state index contributed by atoms with van der Waals surface area (Å²) >= 11 is 0. The molecule has 0 bridgehead atoms. The van der Waals surface area contributed by atoms with Crippen molar-refractivity contribution in [3.63, 3.8) is 0 Å². The lowest BCUT2D eigenvalue weighted by Crippen LogP contribution is -2.40. The highest BCUT2D eigenvalue weighted by Crippen LogP contribution is 1.95. The first-order valence-corrected chi connectivity index (χ1v) is 6.76. The van der Waals surface area contributed by atoms with Gasteiger partial charge >= 0.3 is 0 Å². The van der Waals surface area contributed by atoms with E-state index in [2.05, 4.69) is 42.7 Å². The summed E-state index contributed by atoms with van der Waals surface area (Å²) in [6.07, 6.45) is 5.41. The van der Waals surface area contributed by atoms with Gasteiger partial charge in [-0.05, 0) is 33.1 Å². The number of allylic oxidation sites excluding steroid dienone is 1. The highest BCUT2D eigenvalue weighted by Gasteiger charge is 2.04. The zero-order chi connectivity index (χ0) is 13.8. The minimum absolute atomic E-state index is 0. The second kappa shape index (κ2) is 14.1. The number of ether oxygens (including phenoxy) is 1. The number of aliphatic imine (C=N–C) groups is 1. The number of halogens is 1. The zero-order valence-electron chi connectivity index (χ0n) is 12.8. The quantitative estimate of drug-likeness (QED) is 0.219. The SMILES string of the molecule is C=CCCCN(C)C(=NC)NCCCOC(C)C.I. The lowest BCUT2D eigenvalue weighted by atomic mass is 10.3. The lowest BCUT2D eigenvalue weighted by Gasteiger charge is -2.21. The third-order valence-corrected chi connectivity index (χ3v) is 2.53. The summed E-state index contributed by atoms with van der Waals surface area (Å²) in [6, 6.07) is 0. The van der Waals surface area contributed by atoms with E-state index in [1.165, 1.54) is 0 Å². The van der Waals surface area contributed by atoms with Gasteiger partial charge in [-0.25, -0.2) is 0 Å². The Morgan fingerprint density at radius 2 is 2.11 bits per heavy atom. The van der Waals surface area contributed by atoms with Crippen LogP contribution in [0.1, 0.15) is 33.1 Å². The number of hydrogen-bond acceptors (Lipinski definition) is 2. The van der Waals surface area contributed by atoms with Crippen molar-refractivity contribution in [2.45, 2.75) is 39.2 Å². The zero-order valence-corrected chi connectivity index (χ0v) is 15.1. The standard InChI is InChI=1S/C14H29N3O.HI/c1-6-7-8-11-17(5)14(15-4)16-10-9-12-18-13(2)3;/h6,13H,1,7-12H2,2-5H3,(H,15,16);1H. The molecule has 5 heteroatoms. The number of hydrogen-bond donors (Lipinski definition) is 1. The fourth-order valence-corrected chi connectivity index (χ4v) is 1.55. The predicted molar refractivity (Wildman–Crippen MR) is 94.5 cm³/mol. The molecule has 0 saturated heterocycles. The van der Waals surface area contributed by atoms with E-state index in [0.29, 0.717) is 6.10 Å². The maximum Gasteiger partial charge on any atom is 0.193 e. The van der Waals surface area contributed by atoms with Gasteiger partial charge in [0.15, 0.2) is 5.96 Å². The average molecular weight is 383 g/mol. The molecule has 0 fully saturated rings. The molecule has 1 N–H and O–H groups in total. The molecule has 0 aliphatic rings. The number of nitrogens with zero attached hydrogens (tertiary/aromatic N) is 2. The molecule has 0 heterocycles. The normalized spacial score (nSPS) is 11.1. The molecule has 0 aliphatic heterocycles. The van der Waals surface area contributed by atoms with Gasteiger partial charge in [-0.1, -0.05) is 6.08 Å². The van der Waals surface area contributed by atoms with E-state index in [9.17, 15) is 0 Å². The van der Waals surface area contributed by atoms with Crippen LogP contribution < -0.4 is 5.32 Å². The maximum absolute atomic E-state index is 5.49. The number of rotatable bonds is 9. The molecule has 0 aliphatic carbocycles. The molecule has 0 spiro atoms. The smallest absolute Gasteiger partial charge is 0.193 e. The second-order valence-corrected chi connectivity index (χ2v) is 4.60. The molecule has 0 unspecified atom stereocenters. The van der Waals surface area contributed by atoms with E-state index in [4.69, 9.17) is 4.74 Å². The van der Waals surface area contributed by atoms with Crippen LogP contribution in [-0.4, -0.2) is 50.8 Å². The van der Waals surface area contributed by atoms with Gasteiger partial charge in [0.05, 0.1) is 6.10 Å². The number of guanidine groups is 1. The van der Waals surface area contributed by atoms with Crippen molar-refractivity contribution in [1.29, 1.82) is 0 Å². The second-order valence-electron chi connectivity index (χ2n) is 4.60. The van der Waals surface area contributed by atoms with Gasteiger partial charge < -0.3 is 15.0 Å². The van der Waals surface area contributed by atoms with E-state index >= 15 is 0 Å². The maximum atomic E-state index is 5.49. The Morgan fingerprint density at radius 3 is 2.63 bits per heavy atom. The van der Waals surface area contributed by atoms with Gasteiger partial charge in [-0.15, -0.1) is 30.6 Å². The molecule has 114 valence electrons. The van der Waals surface area contributed by atoms with Gasteiger partial charge in [0.2, 0.25) is 0 Å². The molecule has 0 aromatic heterocycles. The Labute approximate surface area is 135 Å². The van der Waals surface area contributed by atoms with Crippen LogP contribution in [0.15, 0.2) is 17.6 Å². The van der Waals surface area contributed by atoms with Crippen LogP contribution in [0.4, 0.5) is 0 Å². The Kier molecular flexibility index (Phi) is 15.6. The topological polar surface area (TPSA) is 36.9 Å². The average Bonchev–Trinajstić information content (AvgIpc) is 2.33.